The lowest BCUT2D eigenvalue weighted by Gasteiger charge is -2.06. The van der Waals surface area contributed by atoms with Gasteiger partial charge < -0.3 is 0 Å². The molecule has 0 spiro atoms. The standard InChI is InChI=1S/C11H12N2O2S/c1-6(14)5-13-8(3)12-10-9(11(13)15)4-7(2)16-10/h4H,5H2,1-3H3. The number of nitrogens with zero attached hydrogens (tertiary/aromatic N) is 2. The lowest BCUT2D eigenvalue weighted by molar-refractivity contribution is -0.117. The van der Waals surface area contributed by atoms with Gasteiger partial charge in [0.05, 0.1) is 11.9 Å². The van der Waals surface area contributed by atoms with Gasteiger partial charge in [-0.1, -0.05) is 0 Å². The summed E-state index contributed by atoms with van der Waals surface area (Å²) < 4.78 is 1.43. The van der Waals surface area contributed by atoms with Crippen molar-refractivity contribution in [1.29, 1.82) is 0 Å². The van der Waals surface area contributed by atoms with Crippen molar-refractivity contribution in [2.45, 2.75) is 27.3 Å². The number of thiophene rings is 1. The van der Waals surface area contributed by atoms with Crippen molar-refractivity contribution in [3.05, 3.63) is 27.1 Å². The van der Waals surface area contributed by atoms with E-state index in [-0.39, 0.29) is 17.9 Å². The minimum Gasteiger partial charge on any atom is -0.298 e. The van der Waals surface area contributed by atoms with Crippen LogP contribution >= 0.6 is 11.3 Å². The van der Waals surface area contributed by atoms with Crippen LogP contribution in [0.25, 0.3) is 10.2 Å². The molecule has 2 aromatic rings. The monoisotopic (exact) mass is 236 g/mol. The Morgan fingerprint density at radius 1 is 1.50 bits per heavy atom. The number of ketones is 1. The second kappa shape index (κ2) is 3.83. The molecule has 2 rings (SSSR count). The number of Topliss-reactive ketones (excluding diaryl/α,β-unsaturated/α-hetero) is 1. The van der Waals surface area contributed by atoms with Gasteiger partial charge in [0.25, 0.3) is 5.56 Å². The first-order valence-corrected chi connectivity index (χ1v) is 5.77. The van der Waals surface area contributed by atoms with Crippen LogP contribution in [0.5, 0.6) is 0 Å². The summed E-state index contributed by atoms with van der Waals surface area (Å²) in [5.41, 5.74) is -0.123. The fraction of sp³-hybridized carbons (Fsp3) is 0.364. The predicted molar refractivity (Wildman–Crippen MR) is 64.0 cm³/mol. The third kappa shape index (κ3) is 1.78. The molecule has 0 bridgehead atoms. The maximum atomic E-state index is 12.1. The van der Waals surface area contributed by atoms with E-state index in [1.165, 1.54) is 22.8 Å². The highest BCUT2D eigenvalue weighted by Gasteiger charge is 2.11. The van der Waals surface area contributed by atoms with Gasteiger partial charge in [-0.2, -0.15) is 0 Å². The molecule has 0 unspecified atom stereocenters. The molecule has 0 aliphatic rings. The van der Waals surface area contributed by atoms with E-state index in [2.05, 4.69) is 4.98 Å². The smallest absolute Gasteiger partial charge is 0.262 e. The van der Waals surface area contributed by atoms with Gasteiger partial charge >= 0.3 is 0 Å². The van der Waals surface area contributed by atoms with Gasteiger partial charge in [0.15, 0.2) is 0 Å². The summed E-state index contributed by atoms with van der Waals surface area (Å²) in [6.45, 7) is 5.26. The largest absolute Gasteiger partial charge is 0.298 e. The zero-order valence-corrected chi connectivity index (χ0v) is 10.2. The fourth-order valence-corrected chi connectivity index (χ4v) is 2.56. The molecule has 84 valence electrons. The zero-order valence-electron chi connectivity index (χ0n) is 9.40. The van der Waals surface area contributed by atoms with Crippen LogP contribution < -0.4 is 5.56 Å². The summed E-state index contributed by atoms with van der Waals surface area (Å²) >= 11 is 1.50. The molecule has 16 heavy (non-hydrogen) atoms. The summed E-state index contributed by atoms with van der Waals surface area (Å²) in [5.74, 6) is 0.549. The maximum Gasteiger partial charge on any atom is 0.262 e. The van der Waals surface area contributed by atoms with E-state index in [0.717, 1.165) is 9.71 Å². The van der Waals surface area contributed by atoms with E-state index in [1.54, 1.807) is 6.92 Å². The van der Waals surface area contributed by atoms with E-state index in [4.69, 9.17) is 0 Å². The Morgan fingerprint density at radius 2 is 2.19 bits per heavy atom. The molecule has 0 radical (unpaired) electrons. The van der Waals surface area contributed by atoms with E-state index < -0.39 is 0 Å². The van der Waals surface area contributed by atoms with Crippen molar-refractivity contribution in [2.24, 2.45) is 0 Å². The Kier molecular flexibility index (Phi) is 2.63. The molecule has 0 saturated carbocycles. The van der Waals surface area contributed by atoms with Crippen LogP contribution in [0.15, 0.2) is 10.9 Å². The average molecular weight is 236 g/mol. The first-order valence-electron chi connectivity index (χ1n) is 4.96. The molecular formula is C11H12N2O2S. The van der Waals surface area contributed by atoms with Crippen LogP contribution in [0.1, 0.15) is 17.6 Å². The summed E-state index contributed by atoms with van der Waals surface area (Å²) in [5, 5.41) is 0.606. The van der Waals surface area contributed by atoms with Gasteiger partial charge in [-0.15, -0.1) is 11.3 Å². The number of aryl methyl sites for hydroxylation is 2. The van der Waals surface area contributed by atoms with Gasteiger partial charge in [-0.25, -0.2) is 4.98 Å². The highest BCUT2D eigenvalue weighted by Crippen LogP contribution is 2.20. The normalized spacial score (nSPS) is 10.9. The molecule has 0 aromatic carbocycles. The summed E-state index contributed by atoms with van der Waals surface area (Å²) in [7, 11) is 0. The summed E-state index contributed by atoms with van der Waals surface area (Å²) in [6.07, 6.45) is 0. The molecule has 0 amide bonds. The Bertz CT molecular complexity index is 625. The quantitative estimate of drug-likeness (QED) is 0.797. The molecule has 0 N–H and O–H groups in total. The SMILES string of the molecule is CC(=O)Cn1c(C)nc2sc(C)cc2c1=O. The van der Waals surface area contributed by atoms with Gasteiger partial charge in [0.2, 0.25) is 0 Å². The molecule has 4 nitrogen and oxygen atoms in total. The zero-order chi connectivity index (χ0) is 11.9. The first-order chi connectivity index (χ1) is 7.49. The first kappa shape index (κ1) is 11.0. The van der Waals surface area contributed by atoms with Crippen LogP contribution in [0, 0.1) is 13.8 Å². The highest BCUT2D eigenvalue weighted by atomic mass is 32.1. The van der Waals surface area contributed by atoms with Gasteiger partial charge in [0, 0.05) is 4.88 Å². The van der Waals surface area contributed by atoms with Crippen molar-refractivity contribution in [3.63, 3.8) is 0 Å². The van der Waals surface area contributed by atoms with Crippen molar-refractivity contribution < 1.29 is 4.79 Å². The van der Waals surface area contributed by atoms with Crippen LogP contribution in [0.4, 0.5) is 0 Å². The molecule has 5 heteroatoms. The number of carbonyl (C=O) groups is 1. The lowest BCUT2D eigenvalue weighted by atomic mass is 10.3. The van der Waals surface area contributed by atoms with E-state index in [0.29, 0.717) is 11.2 Å². The second-order valence-corrected chi connectivity index (χ2v) is 5.06. The van der Waals surface area contributed by atoms with Gasteiger partial charge in [-0.3, -0.25) is 14.2 Å². The van der Waals surface area contributed by atoms with Crippen LogP contribution in [0.2, 0.25) is 0 Å². The predicted octanol–water partition coefficient (Wildman–Crippen LogP) is 1.66. The third-order valence-corrected chi connectivity index (χ3v) is 3.29. The summed E-state index contributed by atoms with van der Waals surface area (Å²) in [4.78, 5) is 29.3. The van der Waals surface area contributed by atoms with E-state index in [9.17, 15) is 9.59 Å². The highest BCUT2D eigenvalue weighted by molar-refractivity contribution is 7.18. The fourth-order valence-electron chi connectivity index (χ4n) is 1.65. The molecule has 0 atom stereocenters. The molecule has 0 fully saturated rings. The molecule has 2 aromatic heterocycles. The molecule has 0 aliphatic heterocycles. The number of rotatable bonds is 2. The second-order valence-electron chi connectivity index (χ2n) is 3.83. The number of fused-ring (bicyclic) bond motifs is 1. The Hall–Kier alpha value is -1.49. The van der Waals surface area contributed by atoms with Crippen LogP contribution in [-0.4, -0.2) is 15.3 Å². The van der Waals surface area contributed by atoms with Crippen LogP contribution in [0.3, 0.4) is 0 Å². The van der Waals surface area contributed by atoms with E-state index in [1.807, 2.05) is 13.0 Å². The molecule has 2 heterocycles. The minimum absolute atomic E-state index is 0.0432. The van der Waals surface area contributed by atoms with Crippen molar-refractivity contribution in [2.75, 3.05) is 0 Å². The van der Waals surface area contributed by atoms with Crippen molar-refractivity contribution in [1.82, 2.24) is 9.55 Å². The van der Waals surface area contributed by atoms with Gasteiger partial charge in [-0.05, 0) is 26.8 Å². The van der Waals surface area contributed by atoms with Crippen molar-refractivity contribution >= 4 is 27.3 Å². The average Bonchev–Trinajstić information content (AvgIpc) is 2.53. The van der Waals surface area contributed by atoms with Gasteiger partial charge in [0.1, 0.15) is 16.4 Å². The number of hydrogen-bond donors (Lipinski definition) is 0. The minimum atomic E-state index is -0.123. The molecular weight excluding hydrogens is 224 g/mol. The van der Waals surface area contributed by atoms with Crippen LogP contribution in [-0.2, 0) is 11.3 Å². The molecule has 0 aliphatic carbocycles. The summed E-state index contributed by atoms with van der Waals surface area (Å²) in [6, 6.07) is 1.82. The topological polar surface area (TPSA) is 52.0 Å². The number of carbonyl (C=O) groups excluding carboxylic acids is 1. The van der Waals surface area contributed by atoms with E-state index >= 15 is 0 Å². The van der Waals surface area contributed by atoms with Crippen molar-refractivity contribution in [3.8, 4) is 0 Å². The molecule has 0 saturated heterocycles. The lowest BCUT2D eigenvalue weighted by Crippen LogP contribution is -2.26. The Morgan fingerprint density at radius 3 is 2.81 bits per heavy atom. The maximum absolute atomic E-state index is 12.1. The third-order valence-electron chi connectivity index (χ3n) is 2.35. The Labute approximate surface area is 96.6 Å². The Balaban J connectivity index is 2.74. The number of aromatic nitrogens is 2. The number of hydrogen-bond acceptors (Lipinski definition) is 4.